The molecule has 27 heavy (non-hydrogen) atoms. The van der Waals surface area contributed by atoms with Crippen LogP contribution >= 0.6 is 0 Å². The SMILES string of the molecule is Cc1conc1CC(=O)N1CCC(c2nc(-c3ccc(F)cc3)no2)CC1. The lowest BCUT2D eigenvalue weighted by Crippen LogP contribution is -2.39. The number of piperidine rings is 1. The van der Waals surface area contributed by atoms with Crippen LogP contribution in [0.3, 0.4) is 0 Å². The number of likely N-dealkylation sites (tertiary alicyclic amines) is 1. The predicted octanol–water partition coefficient (Wildman–Crippen LogP) is 3.12. The van der Waals surface area contributed by atoms with Crippen LogP contribution in [0.1, 0.15) is 35.9 Å². The summed E-state index contributed by atoms with van der Waals surface area (Å²) < 4.78 is 23.3. The van der Waals surface area contributed by atoms with Crippen molar-refractivity contribution >= 4 is 5.91 Å². The summed E-state index contributed by atoms with van der Waals surface area (Å²) in [5.74, 6) is 0.867. The van der Waals surface area contributed by atoms with E-state index < -0.39 is 0 Å². The molecule has 0 N–H and O–H groups in total. The number of nitrogens with zero attached hydrogens (tertiary/aromatic N) is 4. The van der Waals surface area contributed by atoms with Gasteiger partial charge in [0, 0.05) is 30.1 Å². The van der Waals surface area contributed by atoms with Crippen LogP contribution in [0.2, 0.25) is 0 Å². The number of carbonyl (C=O) groups excluding carboxylic acids is 1. The van der Waals surface area contributed by atoms with E-state index >= 15 is 0 Å². The van der Waals surface area contributed by atoms with E-state index in [2.05, 4.69) is 15.3 Å². The maximum atomic E-state index is 13.0. The molecule has 0 atom stereocenters. The second-order valence-corrected chi connectivity index (χ2v) is 6.74. The first kappa shape index (κ1) is 17.4. The van der Waals surface area contributed by atoms with E-state index in [0.717, 1.165) is 18.4 Å². The largest absolute Gasteiger partial charge is 0.364 e. The molecule has 4 rings (SSSR count). The molecule has 2 aromatic heterocycles. The molecule has 0 spiro atoms. The summed E-state index contributed by atoms with van der Waals surface area (Å²) in [7, 11) is 0. The molecule has 1 aromatic carbocycles. The molecule has 8 heteroatoms. The summed E-state index contributed by atoms with van der Waals surface area (Å²) in [6, 6.07) is 5.98. The van der Waals surface area contributed by atoms with Crippen LogP contribution in [-0.4, -0.2) is 39.2 Å². The van der Waals surface area contributed by atoms with Crippen molar-refractivity contribution < 1.29 is 18.2 Å². The fourth-order valence-electron chi connectivity index (χ4n) is 3.23. The van der Waals surface area contributed by atoms with Gasteiger partial charge >= 0.3 is 0 Å². The maximum absolute atomic E-state index is 13.0. The number of hydrogen-bond donors (Lipinski definition) is 0. The van der Waals surface area contributed by atoms with Crippen molar-refractivity contribution in [3.05, 3.63) is 53.5 Å². The Bertz CT molecular complexity index is 927. The quantitative estimate of drug-likeness (QED) is 0.701. The third kappa shape index (κ3) is 3.74. The molecule has 0 aliphatic carbocycles. The Balaban J connectivity index is 1.36. The zero-order valence-corrected chi connectivity index (χ0v) is 14.9. The van der Waals surface area contributed by atoms with E-state index in [-0.39, 0.29) is 24.1 Å². The topological polar surface area (TPSA) is 85.3 Å². The molecule has 1 fully saturated rings. The minimum Gasteiger partial charge on any atom is -0.364 e. The maximum Gasteiger partial charge on any atom is 0.230 e. The van der Waals surface area contributed by atoms with Crippen LogP contribution in [0.4, 0.5) is 4.39 Å². The number of amides is 1. The van der Waals surface area contributed by atoms with Gasteiger partial charge in [0.2, 0.25) is 17.6 Å². The van der Waals surface area contributed by atoms with E-state index in [1.807, 2.05) is 11.8 Å². The van der Waals surface area contributed by atoms with E-state index in [4.69, 9.17) is 9.05 Å². The number of benzene rings is 1. The Morgan fingerprint density at radius 2 is 1.96 bits per heavy atom. The first-order chi connectivity index (χ1) is 13.1. The van der Waals surface area contributed by atoms with Crippen molar-refractivity contribution in [2.75, 3.05) is 13.1 Å². The van der Waals surface area contributed by atoms with Crippen LogP contribution in [0, 0.1) is 12.7 Å². The lowest BCUT2D eigenvalue weighted by Gasteiger charge is -2.30. The van der Waals surface area contributed by atoms with Gasteiger partial charge in [-0.25, -0.2) is 4.39 Å². The van der Waals surface area contributed by atoms with Gasteiger partial charge in [0.15, 0.2) is 0 Å². The molecule has 1 aliphatic heterocycles. The fourth-order valence-corrected chi connectivity index (χ4v) is 3.23. The van der Waals surface area contributed by atoms with Crippen molar-refractivity contribution in [2.45, 2.75) is 32.1 Å². The third-order valence-corrected chi connectivity index (χ3v) is 4.91. The van der Waals surface area contributed by atoms with Crippen molar-refractivity contribution in [2.24, 2.45) is 0 Å². The van der Waals surface area contributed by atoms with Crippen LogP contribution in [-0.2, 0) is 11.2 Å². The molecule has 1 aliphatic rings. The van der Waals surface area contributed by atoms with Gasteiger partial charge < -0.3 is 13.9 Å². The molecule has 0 bridgehead atoms. The van der Waals surface area contributed by atoms with Crippen molar-refractivity contribution in [1.29, 1.82) is 0 Å². The van der Waals surface area contributed by atoms with Crippen LogP contribution in [0.15, 0.2) is 39.6 Å². The zero-order chi connectivity index (χ0) is 18.8. The Kier molecular flexibility index (Phi) is 4.70. The molecule has 1 saturated heterocycles. The van der Waals surface area contributed by atoms with Crippen molar-refractivity contribution in [3.63, 3.8) is 0 Å². The smallest absolute Gasteiger partial charge is 0.230 e. The number of hydrogen-bond acceptors (Lipinski definition) is 6. The number of halogens is 1. The Hall–Kier alpha value is -3.03. The standard InChI is InChI=1S/C19H19FN4O3/c1-12-11-26-22-16(12)10-17(25)24-8-6-14(7-9-24)19-21-18(23-27-19)13-2-4-15(20)5-3-13/h2-5,11,14H,6-10H2,1H3. The molecular formula is C19H19FN4O3. The molecule has 1 amide bonds. The van der Waals surface area contributed by atoms with Crippen molar-refractivity contribution in [3.8, 4) is 11.4 Å². The number of aryl methyl sites for hydroxylation is 1. The fraction of sp³-hybridized carbons (Fsp3) is 0.368. The summed E-state index contributed by atoms with van der Waals surface area (Å²) in [4.78, 5) is 18.7. The molecule has 0 saturated carbocycles. The van der Waals surface area contributed by atoms with Gasteiger partial charge in [0.05, 0.1) is 12.1 Å². The molecule has 3 heterocycles. The summed E-state index contributed by atoms with van der Waals surface area (Å²) in [6.45, 7) is 3.14. The summed E-state index contributed by atoms with van der Waals surface area (Å²) in [5, 5.41) is 7.87. The van der Waals surface area contributed by atoms with E-state index in [1.165, 1.54) is 12.1 Å². The Morgan fingerprint density at radius 1 is 1.22 bits per heavy atom. The van der Waals surface area contributed by atoms with Gasteiger partial charge in [-0.3, -0.25) is 4.79 Å². The Labute approximate surface area is 155 Å². The zero-order valence-electron chi connectivity index (χ0n) is 14.9. The first-order valence-electron chi connectivity index (χ1n) is 8.87. The van der Waals surface area contributed by atoms with Crippen LogP contribution in [0.25, 0.3) is 11.4 Å². The second-order valence-electron chi connectivity index (χ2n) is 6.74. The van der Waals surface area contributed by atoms with Gasteiger partial charge in [-0.2, -0.15) is 4.98 Å². The number of carbonyl (C=O) groups is 1. The Morgan fingerprint density at radius 3 is 2.63 bits per heavy atom. The highest BCUT2D eigenvalue weighted by molar-refractivity contribution is 5.78. The van der Waals surface area contributed by atoms with Gasteiger partial charge in [0.25, 0.3) is 0 Å². The number of rotatable bonds is 4. The molecule has 0 radical (unpaired) electrons. The van der Waals surface area contributed by atoms with E-state index in [0.29, 0.717) is 36.1 Å². The van der Waals surface area contributed by atoms with E-state index in [9.17, 15) is 9.18 Å². The normalized spacial score (nSPS) is 15.3. The lowest BCUT2D eigenvalue weighted by molar-refractivity contribution is -0.131. The van der Waals surface area contributed by atoms with Gasteiger partial charge in [0.1, 0.15) is 12.1 Å². The first-order valence-corrected chi connectivity index (χ1v) is 8.87. The molecule has 7 nitrogen and oxygen atoms in total. The van der Waals surface area contributed by atoms with Gasteiger partial charge in [-0.15, -0.1) is 0 Å². The lowest BCUT2D eigenvalue weighted by atomic mass is 9.96. The monoisotopic (exact) mass is 370 g/mol. The van der Waals surface area contributed by atoms with Gasteiger partial charge in [-0.05, 0) is 44.0 Å². The van der Waals surface area contributed by atoms with E-state index in [1.54, 1.807) is 18.4 Å². The third-order valence-electron chi connectivity index (χ3n) is 4.91. The summed E-state index contributed by atoms with van der Waals surface area (Å²) >= 11 is 0. The second kappa shape index (κ2) is 7.30. The average molecular weight is 370 g/mol. The van der Waals surface area contributed by atoms with Crippen LogP contribution in [0.5, 0.6) is 0 Å². The number of aromatic nitrogens is 3. The summed E-state index contributed by atoms with van der Waals surface area (Å²) in [6.07, 6.45) is 3.31. The minimum absolute atomic E-state index is 0.0444. The minimum atomic E-state index is -0.305. The molecule has 3 aromatic rings. The van der Waals surface area contributed by atoms with Crippen molar-refractivity contribution in [1.82, 2.24) is 20.2 Å². The average Bonchev–Trinajstić information content (AvgIpc) is 3.32. The molecule has 0 unspecified atom stereocenters. The summed E-state index contributed by atoms with van der Waals surface area (Å²) in [5.41, 5.74) is 2.28. The highest BCUT2D eigenvalue weighted by Crippen LogP contribution is 2.29. The molecular weight excluding hydrogens is 351 g/mol. The predicted molar refractivity (Wildman–Crippen MR) is 93.2 cm³/mol. The van der Waals surface area contributed by atoms with Gasteiger partial charge in [-0.1, -0.05) is 10.3 Å². The highest BCUT2D eigenvalue weighted by Gasteiger charge is 2.28. The molecule has 140 valence electrons. The highest BCUT2D eigenvalue weighted by atomic mass is 19.1. The van der Waals surface area contributed by atoms with Crippen LogP contribution < -0.4 is 0 Å².